The van der Waals surface area contributed by atoms with E-state index < -0.39 is 17.6 Å². The van der Waals surface area contributed by atoms with E-state index in [2.05, 4.69) is 5.32 Å². The number of likely N-dealkylation sites (tertiary alicyclic amines) is 1. The second-order valence-corrected chi connectivity index (χ2v) is 9.62. The van der Waals surface area contributed by atoms with Gasteiger partial charge in [-0.05, 0) is 48.4 Å². The fourth-order valence-corrected chi connectivity index (χ4v) is 4.73. The monoisotopic (exact) mass is 497 g/mol. The number of hydrogen-bond donors (Lipinski definition) is 1. The molecule has 8 nitrogen and oxygen atoms in total. The van der Waals surface area contributed by atoms with Gasteiger partial charge in [0.05, 0.1) is 13.7 Å². The summed E-state index contributed by atoms with van der Waals surface area (Å²) in [5.74, 6) is -0.450. The summed E-state index contributed by atoms with van der Waals surface area (Å²) in [6.07, 6.45) is 0.674. The summed E-state index contributed by atoms with van der Waals surface area (Å²) in [6.45, 7) is 5.17. The van der Waals surface area contributed by atoms with E-state index in [1.165, 1.54) is 18.2 Å². The highest BCUT2D eigenvalue weighted by molar-refractivity contribution is 5.98. The Morgan fingerprint density at radius 1 is 1.08 bits per heavy atom. The zero-order chi connectivity index (χ0) is 25.9. The lowest BCUT2D eigenvalue weighted by Gasteiger charge is -2.44. The molecule has 2 aliphatic rings. The first kappa shape index (κ1) is 25.6. The number of methoxy groups -OCH3 is 1. The molecular formula is C27H32FN3O5. The summed E-state index contributed by atoms with van der Waals surface area (Å²) in [4.78, 5) is 43.0. The number of ether oxygens (including phenoxy) is 2. The quantitative estimate of drug-likeness (QED) is 0.663. The summed E-state index contributed by atoms with van der Waals surface area (Å²) in [5.41, 5.74) is -0.328. The molecule has 1 unspecified atom stereocenters. The number of benzene rings is 2. The summed E-state index contributed by atoms with van der Waals surface area (Å²) >= 11 is 0. The molecule has 0 aliphatic carbocycles. The fraction of sp³-hybridized carbons (Fsp3) is 0.444. The number of rotatable bonds is 6. The maximum absolute atomic E-state index is 13.8. The van der Waals surface area contributed by atoms with E-state index in [1.807, 2.05) is 13.8 Å². The number of nitrogens with zero attached hydrogens (tertiary/aromatic N) is 2. The van der Waals surface area contributed by atoms with Crippen LogP contribution in [0.2, 0.25) is 0 Å². The highest BCUT2D eigenvalue weighted by Gasteiger charge is 2.54. The van der Waals surface area contributed by atoms with Crippen molar-refractivity contribution in [3.05, 3.63) is 65.5 Å². The third-order valence-electron chi connectivity index (χ3n) is 6.71. The zero-order valence-corrected chi connectivity index (χ0v) is 20.8. The average Bonchev–Trinajstić information content (AvgIpc) is 3.25. The Labute approximate surface area is 210 Å². The van der Waals surface area contributed by atoms with Crippen molar-refractivity contribution in [2.45, 2.75) is 38.5 Å². The molecule has 36 heavy (non-hydrogen) atoms. The van der Waals surface area contributed by atoms with Gasteiger partial charge >= 0.3 is 0 Å². The molecule has 0 radical (unpaired) electrons. The van der Waals surface area contributed by atoms with E-state index in [0.29, 0.717) is 43.8 Å². The van der Waals surface area contributed by atoms with Crippen LogP contribution in [0, 0.1) is 11.7 Å². The molecule has 1 spiro atoms. The second-order valence-electron chi connectivity index (χ2n) is 9.62. The molecule has 2 aromatic carbocycles. The van der Waals surface area contributed by atoms with Gasteiger partial charge in [-0.15, -0.1) is 0 Å². The van der Waals surface area contributed by atoms with Crippen molar-refractivity contribution in [1.82, 2.24) is 15.1 Å². The highest BCUT2D eigenvalue weighted by Crippen LogP contribution is 2.39. The van der Waals surface area contributed by atoms with Gasteiger partial charge in [0.2, 0.25) is 5.91 Å². The van der Waals surface area contributed by atoms with Crippen LogP contribution in [0.15, 0.2) is 48.5 Å². The maximum atomic E-state index is 13.8. The Bertz CT molecular complexity index is 1110. The van der Waals surface area contributed by atoms with Gasteiger partial charge in [0, 0.05) is 43.6 Å². The van der Waals surface area contributed by atoms with Gasteiger partial charge in [-0.3, -0.25) is 19.3 Å². The van der Waals surface area contributed by atoms with Crippen molar-refractivity contribution in [1.29, 1.82) is 0 Å². The maximum Gasteiger partial charge on any atom is 0.256 e. The average molecular weight is 498 g/mol. The van der Waals surface area contributed by atoms with Crippen molar-refractivity contribution in [2.24, 2.45) is 5.92 Å². The predicted octanol–water partition coefficient (Wildman–Crippen LogP) is 3.08. The molecule has 2 heterocycles. The molecule has 2 fully saturated rings. The zero-order valence-electron chi connectivity index (χ0n) is 20.8. The van der Waals surface area contributed by atoms with Crippen LogP contribution in [0.4, 0.5) is 4.39 Å². The van der Waals surface area contributed by atoms with Crippen molar-refractivity contribution in [3.8, 4) is 5.75 Å². The van der Waals surface area contributed by atoms with E-state index >= 15 is 0 Å². The van der Waals surface area contributed by atoms with Gasteiger partial charge in [-0.25, -0.2) is 4.39 Å². The summed E-state index contributed by atoms with van der Waals surface area (Å²) in [6, 6.07) is 11.5. The Kier molecular flexibility index (Phi) is 7.59. The molecule has 9 heteroatoms. The molecule has 0 bridgehead atoms. The van der Waals surface area contributed by atoms with E-state index in [4.69, 9.17) is 9.47 Å². The summed E-state index contributed by atoms with van der Waals surface area (Å²) < 4.78 is 25.0. The molecule has 2 saturated heterocycles. The standard InChI is InChI=1S/C27H32FN3O5/c1-18(2)16-29-24(32)23-17-36-27(31(23)26(34)19-7-9-22(35-3)10-8-19)11-13-30(14-12-27)25(33)20-5-4-6-21(28)15-20/h4-10,15,18,23H,11-14,16-17H2,1-3H3,(H,29,32). The highest BCUT2D eigenvalue weighted by atomic mass is 19.1. The smallest absolute Gasteiger partial charge is 0.256 e. The van der Waals surface area contributed by atoms with Crippen molar-refractivity contribution < 1.29 is 28.2 Å². The number of nitrogens with one attached hydrogen (secondary N) is 1. The largest absolute Gasteiger partial charge is 0.497 e. The molecule has 0 aromatic heterocycles. The molecule has 1 atom stereocenters. The van der Waals surface area contributed by atoms with Crippen LogP contribution in [-0.2, 0) is 9.53 Å². The molecule has 0 saturated carbocycles. The van der Waals surface area contributed by atoms with Gasteiger partial charge in [0.15, 0.2) is 0 Å². The minimum Gasteiger partial charge on any atom is -0.497 e. The fourth-order valence-electron chi connectivity index (χ4n) is 4.73. The van der Waals surface area contributed by atoms with E-state index in [-0.39, 0.29) is 35.8 Å². The number of amides is 3. The number of piperidine rings is 1. The van der Waals surface area contributed by atoms with Gasteiger partial charge < -0.3 is 19.7 Å². The topological polar surface area (TPSA) is 88.2 Å². The first-order valence-electron chi connectivity index (χ1n) is 12.2. The summed E-state index contributed by atoms with van der Waals surface area (Å²) in [7, 11) is 1.55. The number of hydrogen-bond acceptors (Lipinski definition) is 5. The molecule has 2 aromatic rings. The van der Waals surface area contributed by atoms with Crippen LogP contribution < -0.4 is 10.1 Å². The third-order valence-corrected chi connectivity index (χ3v) is 6.71. The van der Waals surface area contributed by atoms with Crippen LogP contribution in [0.1, 0.15) is 47.4 Å². The predicted molar refractivity (Wildman–Crippen MR) is 131 cm³/mol. The first-order chi connectivity index (χ1) is 17.2. The van der Waals surface area contributed by atoms with Crippen LogP contribution >= 0.6 is 0 Å². The SMILES string of the molecule is COc1ccc(C(=O)N2C(C(=O)NCC(C)C)COC23CCN(C(=O)c2cccc(F)c2)CC3)cc1. The van der Waals surface area contributed by atoms with E-state index in [0.717, 1.165) is 0 Å². The van der Waals surface area contributed by atoms with Crippen molar-refractivity contribution in [2.75, 3.05) is 33.4 Å². The normalized spacial score (nSPS) is 19.0. The van der Waals surface area contributed by atoms with Crippen LogP contribution in [-0.4, -0.2) is 72.6 Å². The van der Waals surface area contributed by atoms with Crippen LogP contribution in [0.25, 0.3) is 0 Å². The lowest BCUT2D eigenvalue weighted by atomic mass is 9.96. The Hall–Kier alpha value is -3.46. The van der Waals surface area contributed by atoms with Crippen LogP contribution in [0.5, 0.6) is 5.75 Å². The van der Waals surface area contributed by atoms with Gasteiger partial charge in [0.1, 0.15) is 23.3 Å². The molecule has 192 valence electrons. The third kappa shape index (κ3) is 5.21. The lowest BCUT2D eigenvalue weighted by molar-refractivity contribution is -0.128. The second kappa shape index (κ2) is 10.7. The Morgan fingerprint density at radius 2 is 1.78 bits per heavy atom. The number of carbonyl (C=O) groups excluding carboxylic acids is 3. The molecule has 2 aliphatic heterocycles. The van der Waals surface area contributed by atoms with Gasteiger partial charge in [0.25, 0.3) is 11.8 Å². The van der Waals surface area contributed by atoms with E-state index in [9.17, 15) is 18.8 Å². The minimum absolute atomic E-state index is 0.0731. The van der Waals surface area contributed by atoms with Gasteiger partial charge in [-0.1, -0.05) is 19.9 Å². The van der Waals surface area contributed by atoms with Crippen molar-refractivity contribution >= 4 is 17.7 Å². The van der Waals surface area contributed by atoms with Crippen molar-refractivity contribution in [3.63, 3.8) is 0 Å². The first-order valence-corrected chi connectivity index (χ1v) is 12.2. The molecule has 1 N–H and O–H groups in total. The van der Waals surface area contributed by atoms with Crippen LogP contribution in [0.3, 0.4) is 0 Å². The Morgan fingerprint density at radius 3 is 2.39 bits per heavy atom. The number of halogens is 1. The number of carbonyl (C=O) groups is 3. The molecule has 4 rings (SSSR count). The Balaban J connectivity index is 1.56. The minimum atomic E-state index is -1.02. The van der Waals surface area contributed by atoms with Gasteiger partial charge in [-0.2, -0.15) is 0 Å². The lowest BCUT2D eigenvalue weighted by Crippen LogP contribution is -2.60. The summed E-state index contributed by atoms with van der Waals surface area (Å²) in [5, 5.41) is 2.92. The molecular weight excluding hydrogens is 465 g/mol. The van der Waals surface area contributed by atoms with E-state index in [1.54, 1.807) is 47.2 Å². The molecule has 3 amide bonds.